The molecule has 1 spiro atoms. The van der Waals surface area contributed by atoms with Crippen molar-refractivity contribution in [3.8, 4) is 0 Å². The summed E-state index contributed by atoms with van der Waals surface area (Å²) in [5.74, 6) is -0.927. The van der Waals surface area contributed by atoms with E-state index in [0.717, 1.165) is 19.3 Å². The fourth-order valence-corrected chi connectivity index (χ4v) is 5.56. The molecule has 8 heteroatoms. The normalized spacial score (nSPS) is 21.3. The van der Waals surface area contributed by atoms with E-state index in [9.17, 15) is 18.8 Å². The Kier molecular flexibility index (Phi) is 6.79. The van der Waals surface area contributed by atoms with Gasteiger partial charge in [-0.1, -0.05) is 19.1 Å². The number of rotatable bonds is 4. The molecule has 3 fully saturated rings. The molecule has 0 aliphatic carbocycles. The van der Waals surface area contributed by atoms with Crippen LogP contribution in [0.4, 0.5) is 4.39 Å². The van der Waals surface area contributed by atoms with Crippen LogP contribution in [0.5, 0.6) is 0 Å². The monoisotopic (exact) mass is 493 g/mol. The van der Waals surface area contributed by atoms with Crippen molar-refractivity contribution in [3.63, 3.8) is 0 Å². The Bertz CT molecular complexity index is 1120. The van der Waals surface area contributed by atoms with E-state index in [1.165, 1.54) is 29.8 Å². The Morgan fingerprint density at radius 1 is 0.861 bits per heavy atom. The van der Waals surface area contributed by atoms with E-state index in [0.29, 0.717) is 50.1 Å². The molecule has 36 heavy (non-hydrogen) atoms. The maximum Gasteiger partial charge on any atom is 0.256 e. The lowest BCUT2D eigenvalue weighted by atomic mass is 9.96. The van der Waals surface area contributed by atoms with Gasteiger partial charge in [-0.15, -0.1) is 0 Å². The Hall–Kier alpha value is -3.26. The van der Waals surface area contributed by atoms with Crippen molar-refractivity contribution in [1.82, 2.24) is 14.7 Å². The van der Waals surface area contributed by atoms with Crippen molar-refractivity contribution in [3.05, 3.63) is 71.0 Å². The first kappa shape index (κ1) is 24.4. The first-order chi connectivity index (χ1) is 17.4. The van der Waals surface area contributed by atoms with Gasteiger partial charge < -0.3 is 14.5 Å². The van der Waals surface area contributed by atoms with E-state index >= 15 is 0 Å². The number of likely N-dealkylation sites (tertiary alicyclic amines) is 2. The Labute approximate surface area is 210 Å². The van der Waals surface area contributed by atoms with Crippen LogP contribution in [-0.4, -0.2) is 77.0 Å². The molecule has 5 rings (SSSR count). The highest BCUT2D eigenvalue weighted by Crippen LogP contribution is 2.39. The predicted octanol–water partition coefficient (Wildman–Crippen LogP) is 3.48. The van der Waals surface area contributed by atoms with Gasteiger partial charge >= 0.3 is 0 Å². The second-order valence-corrected chi connectivity index (χ2v) is 9.83. The lowest BCUT2D eigenvalue weighted by molar-refractivity contribution is -0.136. The molecule has 0 unspecified atom stereocenters. The maximum atomic E-state index is 13.7. The van der Waals surface area contributed by atoms with E-state index in [-0.39, 0.29) is 24.3 Å². The average Bonchev–Trinajstić information content (AvgIpc) is 3.58. The van der Waals surface area contributed by atoms with Gasteiger partial charge in [0.15, 0.2) is 0 Å². The van der Waals surface area contributed by atoms with Gasteiger partial charge in [-0.05, 0) is 61.2 Å². The first-order valence-corrected chi connectivity index (χ1v) is 12.8. The molecule has 3 aliphatic rings. The summed E-state index contributed by atoms with van der Waals surface area (Å²) < 4.78 is 19.8. The molecule has 0 bridgehead atoms. The van der Waals surface area contributed by atoms with E-state index in [1.807, 2.05) is 24.3 Å². The highest BCUT2D eigenvalue weighted by Gasteiger charge is 2.55. The van der Waals surface area contributed by atoms with Crippen molar-refractivity contribution in [2.75, 3.05) is 32.8 Å². The number of carbonyl (C=O) groups excluding carboxylic acids is 3. The molecule has 0 aromatic heterocycles. The molecule has 2 aromatic rings. The third-order valence-electron chi connectivity index (χ3n) is 7.71. The van der Waals surface area contributed by atoms with Crippen molar-refractivity contribution in [2.45, 2.75) is 50.8 Å². The summed E-state index contributed by atoms with van der Waals surface area (Å²) in [4.78, 5) is 45.4. The molecule has 3 amide bonds. The number of piperidine rings is 1. The Morgan fingerprint density at radius 3 is 2.06 bits per heavy atom. The van der Waals surface area contributed by atoms with Gasteiger partial charge in [0.05, 0.1) is 6.61 Å². The predicted molar refractivity (Wildman–Crippen MR) is 132 cm³/mol. The van der Waals surface area contributed by atoms with Crippen LogP contribution in [-0.2, 0) is 16.0 Å². The van der Waals surface area contributed by atoms with Crippen LogP contribution in [0.25, 0.3) is 0 Å². The number of halogens is 1. The molecule has 0 saturated carbocycles. The van der Waals surface area contributed by atoms with Crippen LogP contribution < -0.4 is 0 Å². The van der Waals surface area contributed by atoms with E-state index in [1.54, 1.807) is 14.7 Å². The first-order valence-electron chi connectivity index (χ1n) is 12.8. The van der Waals surface area contributed by atoms with Crippen LogP contribution in [0.2, 0.25) is 0 Å². The zero-order chi connectivity index (χ0) is 25.3. The van der Waals surface area contributed by atoms with Crippen molar-refractivity contribution < 1.29 is 23.5 Å². The standard InChI is InChI=1S/C28H32FN3O4/c1-2-20-5-7-21(8-6-20)25(33)31-17-13-28(14-18-31)32(26(34)22-9-11-23(29)12-10-22)24(19-36-28)27(35)30-15-3-4-16-30/h5-12,24H,2-4,13-19H2,1H3/t24-/m0/s1. The summed E-state index contributed by atoms with van der Waals surface area (Å²) >= 11 is 0. The smallest absolute Gasteiger partial charge is 0.256 e. The van der Waals surface area contributed by atoms with Gasteiger partial charge in [-0.25, -0.2) is 4.39 Å². The Morgan fingerprint density at radius 2 is 1.44 bits per heavy atom. The molecule has 1 atom stereocenters. The summed E-state index contributed by atoms with van der Waals surface area (Å²) in [7, 11) is 0. The number of carbonyl (C=O) groups is 3. The highest BCUT2D eigenvalue weighted by atomic mass is 19.1. The third kappa shape index (κ3) is 4.50. The van der Waals surface area contributed by atoms with E-state index in [4.69, 9.17) is 4.74 Å². The fourth-order valence-electron chi connectivity index (χ4n) is 5.56. The van der Waals surface area contributed by atoms with Gasteiger partial charge in [0.25, 0.3) is 11.8 Å². The van der Waals surface area contributed by atoms with Gasteiger partial charge in [0.1, 0.15) is 17.6 Å². The van der Waals surface area contributed by atoms with Gasteiger partial charge in [-0.3, -0.25) is 19.3 Å². The van der Waals surface area contributed by atoms with Gasteiger partial charge in [0.2, 0.25) is 5.91 Å². The summed E-state index contributed by atoms with van der Waals surface area (Å²) in [6.07, 6.45) is 3.62. The molecule has 0 N–H and O–H groups in total. The number of hydrogen-bond acceptors (Lipinski definition) is 4. The number of benzene rings is 2. The SMILES string of the molecule is CCc1ccc(C(=O)N2CCC3(CC2)OC[C@@H](C(=O)N2CCCC2)N3C(=O)c2ccc(F)cc2)cc1. The van der Waals surface area contributed by atoms with E-state index in [2.05, 4.69) is 6.92 Å². The number of hydrogen-bond donors (Lipinski definition) is 0. The molecule has 0 radical (unpaired) electrons. The molecule has 3 aliphatic heterocycles. The van der Waals surface area contributed by atoms with Crippen molar-refractivity contribution in [1.29, 1.82) is 0 Å². The van der Waals surface area contributed by atoms with Gasteiger partial charge in [-0.2, -0.15) is 0 Å². The van der Waals surface area contributed by atoms with Crippen LogP contribution in [0.15, 0.2) is 48.5 Å². The molecule has 3 saturated heterocycles. The topological polar surface area (TPSA) is 70.2 Å². The minimum absolute atomic E-state index is 0.0494. The van der Waals surface area contributed by atoms with Crippen LogP contribution in [0, 0.1) is 5.82 Å². The second-order valence-electron chi connectivity index (χ2n) is 9.83. The lowest BCUT2D eigenvalue weighted by Crippen LogP contribution is -2.60. The van der Waals surface area contributed by atoms with Crippen LogP contribution in [0.3, 0.4) is 0 Å². The maximum absolute atomic E-state index is 13.7. The molecule has 190 valence electrons. The fraction of sp³-hybridized carbons (Fsp3) is 0.464. The molecular weight excluding hydrogens is 461 g/mol. The summed E-state index contributed by atoms with van der Waals surface area (Å²) in [6.45, 7) is 4.37. The zero-order valence-corrected chi connectivity index (χ0v) is 20.6. The van der Waals surface area contributed by atoms with Gasteiger partial charge in [0, 0.05) is 50.1 Å². The minimum Gasteiger partial charge on any atom is -0.353 e. The second kappa shape index (κ2) is 10.0. The number of aryl methyl sites for hydroxylation is 1. The number of amides is 3. The summed E-state index contributed by atoms with van der Waals surface area (Å²) in [5.41, 5.74) is 1.15. The average molecular weight is 494 g/mol. The molecule has 2 aromatic carbocycles. The summed E-state index contributed by atoms with van der Waals surface area (Å²) in [6, 6.07) is 12.3. The van der Waals surface area contributed by atoms with Crippen LogP contribution >= 0.6 is 0 Å². The molecular formula is C28H32FN3O4. The summed E-state index contributed by atoms with van der Waals surface area (Å²) in [5, 5.41) is 0. The Balaban J connectivity index is 1.37. The highest BCUT2D eigenvalue weighted by molar-refractivity contribution is 5.98. The molecule has 7 nitrogen and oxygen atoms in total. The largest absolute Gasteiger partial charge is 0.353 e. The third-order valence-corrected chi connectivity index (χ3v) is 7.71. The zero-order valence-electron chi connectivity index (χ0n) is 20.6. The number of ether oxygens (including phenoxy) is 1. The minimum atomic E-state index is -0.978. The van der Waals surface area contributed by atoms with Crippen LogP contribution in [0.1, 0.15) is 58.9 Å². The van der Waals surface area contributed by atoms with E-state index < -0.39 is 17.6 Å². The lowest BCUT2D eigenvalue weighted by Gasteiger charge is -2.44. The molecule has 3 heterocycles. The van der Waals surface area contributed by atoms with Crippen molar-refractivity contribution >= 4 is 17.7 Å². The number of nitrogens with zero attached hydrogens (tertiary/aromatic N) is 3. The van der Waals surface area contributed by atoms with Crippen molar-refractivity contribution in [2.24, 2.45) is 0 Å². The quantitative estimate of drug-likeness (QED) is 0.654.